The first-order valence-corrected chi connectivity index (χ1v) is 9.52. The van der Waals surface area contributed by atoms with Gasteiger partial charge in [0.1, 0.15) is 17.0 Å². The minimum atomic E-state index is -0.633. The Morgan fingerprint density at radius 1 is 1.06 bits per heavy atom. The fourth-order valence-corrected chi connectivity index (χ4v) is 3.10. The lowest BCUT2D eigenvalue weighted by Gasteiger charge is -2.20. The summed E-state index contributed by atoms with van der Waals surface area (Å²) in [6.45, 7) is 0. The fraction of sp³-hybridized carbons (Fsp3) is 0.0435. The predicted octanol–water partition coefficient (Wildman–Crippen LogP) is 2.32. The second kappa shape index (κ2) is 8.89. The Balaban J connectivity index is 1.66. The van der Waals surface area contributed by atoms with Crippen molar-refractivity contribution in [1.82, 2.24) is 25.5 Å². The highest BCUT2D eigenvalue weighted by Gasteiger charge is 2.21. The molecule has 0 spiro atoms. The number of amides is 1. The maximum Gasteiger partial charge on any atom is 0.264 e. The quantitative estimate of drug-likeness (QED) is 0.446. The molecule has 0 fully saturated rings. The van der Waals surface area contributed by atoms with E-state index in [1.54, 1.807) is 48.5 Å². The highest BCUT2D eigenvalue weighted by atomic mass is 16.3. The van der Waals surface area contributed by atoms with Gasteiger partial charge in [-0.05, 0) is 47.5 Å². The number of aromatic amines is 1. The number of H-pyrrole nitrogens is 1. The number of phenolic OH excluding ortho intramolecular Hbond substituents is 1. The first-order valence-electron chi connectivity index (χ1n) is 9.52. The lowest BCUT2D eigenvalue weighted by molar-refractivity contribution is 0.0941. The van der Waals surface area contributed by atoms with E-state index in [4.69, 9.17) is 5.26 Å². The molecule has 9 heteroatoms. The molecule has 1 atom stereocenters. The maximum absolute atomic E-state index is 13.0. The second-order valence-electron chi connectivity index (χ2n) is 6.82. The van der Waals surface area contributed by atoms with Crippen LogP contribution in [0.25, 0.3) is 11.5 Å². The molecule has 0 bridgehead atoms. The van der Waals surface area contributed by atoms with Crippen molar-refractivity contribution in [3.8, 4) is 23.3 Å². The van der Waals surface area contributed by atoms with Crippen molar-refractivity contribution in [3.63, 3.8) is 0 Å². The summed E-state index contributed by atoms with van der Waals surface area (Å²) in [4.78, 5) is 32.2. The number of benzene rings is 2. The van der Waals surface area contributed by atoms with E-state index in [0.717, 1.165) is 0 Å². The van der Waals surface area contributed by atoms with Crippen LogP contribution < -0.4 is 10.9 Å². The number of phenols is 1. The number of nitrogens with one attached hydrogen (secondary N) is 2. The Hall–Kier alpha value is -4.84. The van der Waals surface area contributed by atoms with E-state index in [2.05, 4.69) is 25.5 Å². The molecule has 2 heterocycles. The van der Waals surface area contributed by atoms with Gasteiger partial charge in [0, 0.05) is 12.4 Å². The summed E-state index contributed by atoms with van der Waals surface area (Å²) in [5.74, 6) is -0.354. The molecule has 0 saturated heterocycles. The first-order chi connectivity index (χ1) is 15.5. The first kappa shape index (κ1) is 20.4. The summed E-state index contributed by atoms with van der Waals surface area (Å²) in [5, 5.41) is 29.1. The van der Waals surface area contributed by atoms with Gasteiger partial charge >= 0.3 is 0 Å². The average Bonchev–Trinajstić information content (AvgIpc) is 2.83. The third kappa shape index (κ3) is 4.34. The van der Waals surface area contributed by atoms with Crippen LogP contribution in [0, 0.1) is 11.3 Å². The summed E-state index contributed by atoms with van der Waals surface area (Å²) < 4.78 is 0. The van der Waals surface area contributed by atoms with Crippen LogP contribution in [0.3, 0.4) is 0 Å². The van der Waals surface area contributed by atoms with Crippen LogP contribution in [0.1, 0.15) is 33.1 Å². The molecule has 32 heavy (non-hydrogen) atoms. The van der Waals surface area contributed by atoms with Crippen LogP contribution in [-0.4, -0.2) is 31.2 Å². The summed E-state index contributed by atoms with van der Waals surface area (Å²) >= 11 is 0. The number of carbonyl (C=O) groups is 1. The molecule has 4 rings (SSSR count). The lowest BCUT2D eigenvalue weighted by Crippen LogP contribution is -2.33. The number of carbonyl (C=O) groups excluding carboxylic acids is 1. The standard InChI is InChI=1S/C23H16N6O3/c24-12-14-3-5-15(6-4-14)20(16-7-9-17(30)10-8-16)27-22(31)18-13-25-21(28-23(18)32)19-2-1-11-26-29-19/h1-11,13,20,30H,(H,27,31)(H,25,28,32). The molecule has 4 aromatic rings. The molecule has 156 valence electrons. The molecule has 1 unspecified atom stereocenters. The Bertz CT molecular complexity index is 1340. The number of hydrogen-bond donors (Lipinski definition) is 3. The van der Waals surface area contributed by atoms with Gasteiger partial charge in [-0.2, -0.15) is 10.4 Å². The minimum Gasteiger partial charge on any atom is -0.508 e. The van der Waals surface area contributed by atoms with Crippen molar-refractivity contribution >= 4 is 5.91 Å². The SMILES string of the molecule is N#Cc1ccc(C(NC(=O)c2cnc(-c3cccnn3)[nH]c2=O)c2ccc(O)cc2)cc1. The van der Waals surface area contributed by atoms with E-state index >= 15 is 0 Å². The summed E-state index contributed by atoms with van der Waals surface area (Å²) in [6.07, 6.45) is 2.68. The molecule has 0 aliphatic heterocycles. The zero-order chi connectivity index (χ0) is 22.5. The Morgan fingerprint density at radius 2 is 1.75 bits per heavy atom. The molecular weight excluding hydrogens is 408 g/mol. The topological polar surface area (TPSA) is 145 Å². The number of nitrogens with zero attached hydrogens (tertiary/aromatic N) is 4. The van der Waals surface area contributed by atoms with Gasteiger partial charge in [0.25, 0.3) is 11.5 Å². The predicted molar refractivity (Wildman–Crippen MR) is 114 cm³/mol. The molecule has 9 nitrogen and oxygen atoms in total. The van der Waals surface area contributed by atoms with Gasteiger partial charge < -0.3 is 15.4 Å². The highest BCUT2D eigenvalue weighted by molar-refractivity contribution is 5.94. The van der Waals surface area contributed by atoms with E-state index in [0.29, 0.717) is 22.4 Å². The lowest BCUT2D eigenvalue weighted by atomic mass is 9.97. The molecule has 2 aromatic heterocycles. The largest absolute Gasteiger partial charge is 0.508 e. The van der Waals surface area contributed by atoms with Crippen molar-refractivity contribution in [1.29, 1.82) is 5.26 Å². The third-order valence-electron chi connectivity index (χ3n) is 4.73. The van der Waals surface area contributed by atoms with Gasteiger partial charge in [0.05, 0.1) is 17.7 Å². The van der Waals surface area contributed by atoms with Crippen LogP contribution in [0.4, 0.5) is 0 Å². The number of hydrogen-bond acceptors (Lipinski definition) is 7. The van der Waals surface area contributed by atoms with Crippen molar-refractivity contribution in [3.05, 3.63) is 106 Å². The molecule has 0 aliphatic carbocycles. The molecule has 3 N–H and O–H groups in total. The normalized spacial score (nSPS) is 11.3. The van der Waals surface area contributed by atoms with Crippen LogP contribution in [0.2, 0.25) is 0 Å². The van der Waals surface area contributed by atoms with E-state index in [-0.39, 0.29) is 17.1 Å². The third-order valence-corrected chi connectivity index (χ3v) is 4.73. The maximum atomic E-state index is 13.0. The molecular formula is C23H16N6O3. The van der Waals surface area contributed by atoms with Gasteiger partial charge in [-0.3, -0.25) is 9.59 Å². The summed E-state index contributed by atoms with van der Waals surface area (Å²) in [7, 11) is 0. The van der Waals surface area contributed by atoms with Gasteiger partial charge in [-0.1, -0.05) is 24.3 Å². The van der Waals surface area contributed by atoms with Crippen LogP contribution in [0.5, 0.6) is 5.75 Å². The van der Waals surface area contributed by atoms with Crippen molar-refractivity contribution in [2.45, 2.75) is 6.04 Å². The summed E-state index contributed by atoms with van der Waals surface area (Å²) in [5.41, 5.74) is 1.43. The van der Waals surface area contributed by atoms with Gasteiger partial charge in [0.15, 0.2) is 5.82 Å². The number of nitriles is 1. The minimum absolute atomic E-state index is 0.0823. The smallest absolute Gasteiger partial charge is 0.264 e. The van der Waals surface area contributed by atoms with Crippen molar-refractivity contribution in [2.24, 2.45) is 0 Å². The van der Waals surface area contributed by atoms with Gasteiger partial charge in [-0.25, -0.2) is 4.98 Å². The zero-order valence-corrected chi connectivity index (χ0v) is 16.6. The second-order valence-corrected chi connectivity index (χ2v) is 6.82. The Labute approximate surface area is 182 Å². The van der Waals surface area contributed by atoms with E-state index in [1.807, 2.05) is 6.07 Å². The average molecular weight is 424 g/mol. The van der Waals surface area contributed by atoms with Gasteiger partial charge in [0.2, 0.25) is 0 Å². The Morgan fingerprint density at radius 3 is 2.34 bits per heavy atom. The van der Waals surface area contributed by atoms with Crippen LogP contribution in [-0.2, 0) is 0 Å². The summed E-state index contributed by atoms with van der Waals surface area (Å²) in [6, 6.07) is 17.8. The molecule has 0 aliphatic rings. The van der Waals surface area contributed by atoms with Crippen LogP contribution in [0.15, 0.2) is 77.9 Å². The van der Waals surface area contributed by atoms with E-state index in [1.165, 1.54) is 24.5 Å². The van der Waals surface area contributed by atoms with Crippen molar-refractivity contribution < 1.29 is 9.90 Å². The number of rotatable bonds is 5. The zero-order valence-electron chi connectivity index (χ0n) is 16.6. The molecule has 2 aromatic carbocycles. The highest BCUT2D eigenvalue weighted by Crippen LogP contribution is 2.24. The Kier molecular flexibility index (Phi) is 5.68. The van der Waals surface area contributed by atoms with E-state index < -0.39 is 17.5 Å². The molecule has 0 radical (unpaired) electrons. The molecule has 1 amide bonds. The molecule has 0 saturated carbocycles. The number of aromatic hydroxyl groups is 1. The fourth-order valence-electron chi connectivity index (χ4n) is 3.10. The monoisotopic (exact) mass is 424 g/mol. The van der Waals surface area contributed by atoms with Crippen LogP contribution >= 0.6 is 0 Å². The van der Waals surface area contributed by atoms with Crippen molar-refractivity contribution in [2.75, 3.05) is 0 Å². The van der Waals surface area contributed by atoms with E-state index in [9.17, 15) is 14.7 Å². The number of aromatic nitrogens is 4. The van der Waals surface area contributed by atoms with Gasteiger partial charge in [-0.15, -0.1) is 5.10 Å².